The van der Waals surface area contributed by atoms with Crippen LogP contribution in [0.15, 0.2) is 12.1 Å². The van der Waals surface area contributed by atoms with E-state index in [0.29, 0.717) is 35.7 Å². The normalized spacial score (nSPS) is 15.6. The summed E-state index contributed by atoms with van der Waals surface area (Å²) in [6.07, 6.45) is 4.36. The number of carbonyl (C=O) groups is 2. The molecule has 1 fully saturated rings. The maximum atomic E-state index is 12.8. The van der Waals surface area contributed by atoms with Gasteiger partial charge >= 0.3 is 0 Å². The van der Waals surface area contributed by atoms with E-state index in [9.17, 15) is 9.59 Å². The fraction of sp³-hybridized carbons (Fsp3) is 0.556. The van der Waals surface area contributed by atoms with E-state index >= 15 is 0 Å². The number of Topliss-reactive ketones (excluding diaryl/α,β-unsaturated/α-hetero) is 1. The standard InChI is InChI=1S/C18H25NO5.ClH/c1-22-14-9-12(10-15(23-2)16(14)24-3)13(20)11-18(17(19)21)7-5-4-6-8-18;/h9-10H,4-8,11H2,1-3H3,(H2,19,21);1H. The number of halogens is 1. The Morgan fingerprint density at radius 1 is 1.00 bits per heavy atom. The Balaban J connectivity index is 0.00000312. The number of ether oxygens (including phenoxy) is 3. The van der Waals surface area contributed by atoms with E-state index in [4.69, 9.17) is 19.9 Å². The van der Waals surface area contributed by atoms with Crippen LogP contribution in [-0.4, -0.2) is 33.0 Å². The number of amides is 1. The van der Waals surface area contributed by atoms with Crippen molar-refractivity contribution in [3.63, 3.8) is 0 Å². The van der Waals surface area contributed by atoms with Crippen LogP contribution in [0, 0.1) is 5.41 Å². The molecule has 1 saturated carbocycles. The van der Waals surface area contributed by atoms with E-state index in [2.05, 4.69) is 0 Å². The van der Waals surface area contributed by atoms with Crippen molar-refractivity contribution >= 4 is 24.1 Å². The maximum Gasteiger partial charge on any atom is 0.224 e. The first kappa shape index (κ1) is 21.1. The van der Waals surface area contributed by atoms with Gasteiger partial charge < -0.3 is 19.9 Å². The predicted molar refractivity (Wildman–Crippen MR) is 97.0 cm³/mol. The molecule has 1 aromatic carbocycles. The molecule has 6 nitrogen and oxygen atoms in total. The highest BCUT2D eigenvalue weighted by Gasteiger charge is 2.40. The molecule has 0 spiro atoms. The molecule has 0 saturated heterocycles. The molecule has 25 heavy (non-hydrogen) atoms. The summed E-state index contributed by atoms with van der Waals surface area (Å²) >= 11 is 0. The second-order valence-electron chi connectivity index (χ2n) is 6.22. The summed E-state index contributed by atoms with van der Waals surface area (Å²) in [5.74, 6) is 0.728. The van der Waals surface area contributed by atoms with Crippen molar-refractivity contribution in [2.75, 3.05) is 21.3 Å². The summed E-state index contributed by atoms with van der Waals surface area (Å²) in [7, 11) is 4.50. The highest BCUT2D eigenvalue weighted by atomic mass is 35.5. The van der Waals surface area contributed by atoms with E-state index in [0.717, 1.165) is 19.3 Å². The monoisotopic (exact) mass is 371 g/mol. The van der Waals surface area contributed by atoms with Gasteiger partial charge in [0.1, 0.15) is 0 Å². The van der Waals surface area contributed by atoms with Crippen molar-refractivity contribution in [1.82, 2.24) is 0 Å². The third-order valence-electron chi connectivity index (χ3n) is 4.82. The minimum Gasteiger partial charge on any atom is -0.493 e. The molecule has 0 unspecified atom stereocenters. The molecule has 1 aliphatic rings. The lowest BCUT2D eigenvalue weighted by Crippen LogP contribution is -2.40. The predicted octanol–water partition coefficient (Wildman–Crippen LogP) is 3.14. The van der Waals surface area contributed by atoms with Gasteiger partial charge in [0.15, 0.2) is 17.3 Å². The van der Waals surface area contributed by atoms with Crippen LogP contribution in [0.2, 0.25) is 0 Å². The van der Waals surface area contributed by atoms with Crippen molar-refractivity contribution < 1.29 is 23.8 Å². The van der Waals surface area contributed by atoms with Gasteiger partial charge in [-0.3, -0.25) is 9.59 Å². The van der Waals surface area contributed by atoms with Gasteiger partial charge in [-0.15, -0.1) is 12.4 Å². The summed E-state index contributed by atoms with van der Waals surface area (Å²) in [6.45, 7) is 0. The zero-order chi connectivity index (χ0) is 17.7. The van der Waals surface area contributed by atoms with Crippen molar-refractivity contribution in [3.8, 4) is 17.2 Å². The Morgan fingerprint density at radius 3 is 1.92 bits per heavy atom. The van der Waals surface area contributed by atoms with Gasteiger partial charge in [0.05, 0.1) is 26.7 Å². The molecule has 0 aliphatic heterocycles. The Labute approximate surface area is 154 Å². The summed E-state index contributed by atoms with van der Waals surface area (Å²) in [5.41, 5.74) is 5.31. The van der Waals surface area contributed by atoms with Crippen molar-refractivity contribution in [3.05, 3.63) is 17.7 Å². The van der Waals surface area contributed by atoms with Gasteiger partial charge in [-0.25, -0.2) is 0 Å². The maximum absolute atomic E-state index is 12.8. The minimum atomic E-state index is -0.740. The van der Waals surface area contributed by atoms with Crippen molar-refractivity contribution in [1.29, 1.82) is 0 Å². The summed E-state index contributed by atoms with van der Waals surface area (Å²) < 4.78 is 15.8. The van der Waals surface area contributed by atoms with Gasteiger partial charge in [0.25, 0.3) is 0 Å². The smallest absolute Gasteiger partial charge is 0.224 e. The lowest BCUT2D eigenvalue weighted by molar-refractivity contribution is -0.129. The van der Waals surface area contributed by atoms with Crippen LogP contribution < -0.4 is 19.9 Å². The Hall–Kier alpha value is -1.95. The van der Waals surface area contributed by atoms with Crippen molar-refractivity contribution in [2.24, 2.45) is 11.1 Å². The number of methoxy groups -OCH3 is 3. The molecular formula is C18H26ClNO5. The number of benzene rings is 1. The minimum absolute atomic E-state index is 0. The SMILES string of the molecule is COc1cc(C(=O)CC2(C(N)=O)CCCCC2)cc(OC)c1OC.Cl. The molecule has 2 N–H and O–H groups in total. The van der Waals surface area contributed by atoms with Crippen LogP contribution in [0.3, 0.4) is 0 Å². The molecule has 1 aromatic rings. The zero-order valence-corrected chi connectivity index (χ0v) is 15.7. The topological polar surface area (TPSA) is 87.9 Å². The first-order valence-corrected chi connectivity index (χ1v) is 8.10. The molecule has 0 radical (unpaired) electrons. The average Bonchev–Trinajstić information content (AvgIpc) is 2.60. The molecule has 0 bridgehead atoms. The molecule has 0 heterocycles. The van der Waals surface area contributed by atoms with Crippen LogP contribution in [-0.2, 0) is 4.79 Å². The molecule has 1 aliphatic carbocycles. The zero-order valence-electron chi connectivity index (χ0n) is 14.9. The Morgan fingerprint density at radius 2 is 1.52 bits per heavy atom. The number of ketones is 1. The van der Waals surface area contributed by atoms with Crippen LogP contribution >= 0.6 is 12.4 Å². The first-order valence-electron chi connectivity index (χ1n) is 8.10. The highest BCUT2D eigenvalue weighted by molar-refractivity contribution is 6.00. The summed E-state index contributed by atoms with van der Waals surface area (Å²) in [6, 6.07) is 3.22. The average molecular weight is 372 g/mol. The van der Waals surface area contributed by atoms with Crippen LogP contribution in [0.1, 0.15) is 48.9 Å². The lowest BCUT2D eigenvalue weighted by atomic mass is 9.70. The molecule has 1 amide bonds. The van der Waals surface area contributed by atoms with E-state index < -0.39 is 5.41 Å². The lowest BCUT2D eigenvalue weighted by Gasteiger charge is -2.33. The Kier molecular flexibility index (Phi) is 7.55. The van der Waals surface area contributed by atoms with E-state index in [-0.39, 0.29) is 30.5 Å². The van der Waals surface area contributed by atoms with Gasteiger partial charge in [-0.1, -0.05) is 19.3 Å². The number of rotatable bonds is 7. The van der Waals surface area contributed by atoms with Gasteiger partial charge in [0.2, 0.25) is 11.7 Å². The van der Waals surface area contributed by atoms with Crippen LogP contribution in [0.4, 0.5) is 0 Å². The van der Waals surface area contributed by atoms with E-state index in [1.165, 1.54) is 21.3 Å². The fourth-order valence-electron chi connectivity index (χ4n) is 3.39. The Bertz CT molecular complexity index is 601. The van der Waals surface area contributed by atoms with Crippen LogP contribution in [0.25, 0.3) is 0 Å². The third-order valence-corrected chi connectivity index (χ3v) is 4.82. The number of hydrogen-bond donors (Lipinski definition) is 1. The van der Waals surface area contributed by atoms with Gasteiger partial charge in [-0.05, 0) is 25.0 Å². The number of primary amides is 1. The van der Waals surface area contributed by atoms with Gasteiger partial charge in [0, 0.05) is 12.0 Å². The number of carbonyl (C=O) groups excluding carboxylic acids is 2. The third kappa shape index (κ3) is 4.37. The van der Waals surface area contributed by atoms with E-state index in [1.807, 2.05) is 0 Å². The van der Waals surface area contributed by atoms with Crippen molar-refractivity contribution in [2.45, 2.75) is 38.5 Å². The fourth-order valence-corrected chi connectivity index (χ4v) is 3.39. The molecule has 0 atom stereocenters. The second-order valence-corrected chi connectivity index (χ2v) is 6.22. The largest absolute Gasteiger partial charge is 0.493 e. The molecular weight excluding hydrogens is 346 g/mol. The molecule has 7 heteroatoms. The molecule has 0 aromatic heterocycles. The second kappa shape index (κ2) is 8.94. The van der Waals surface area contributed by atoms with E-state index in [1.54, 1.807) is 12.1 Å². The first-order chi connectivity index (χ1) is 11.5. The molecule has 2 rings (SSSR count). The highest BCUT2D eigenvalue weighted by Crippen LogP contribution is 2.42. The molecule has 140 valence electrons. The number of nitrogens with two attached hydrogens (primary N) is 1. The van der Waals surface area contributed by atoms with Crippen LogP contribution in [0.5, 0.6) is 17.2 Å². The van der Waals surface area contributed by atoms with Gasteiger partial charge in [-0.2, -0.15) is 0 Å². The quantitative estimate of drug-likeness (QED) is 0.744. The number of hydrogen-bond acceptors (Lipinski definition) is 5. The summed E-state index contributed by atoms with van der Waals surface area (Å²) in [4.78, 5) is 24.8. The summed E-state index contributed by atoms with van der Waals surface area (Å²) in [5, 5.41) is 0.